The molecule has 19 heteroatoms. The fraction of sp³-hybridized carbons (Fsp3) is 0.250. The van der Waals surface area contributed by atoms with Gasteiger partial charge in [0.1, 0.15) is 0 Å². The summed E-state index contributed by atoms with van der Waals surface area (Å²) < 4.78 is 78.3. The summed E-state index contributed by atoms with van der Waals surface area (Å²) in [5.41, 5.74) is 7.34. The van der Waals surface area contributed by atoms with Crippen molar-refractivity contribution in [3.05, 3.63) is 29.5 Å². The molecule has 0 radical (unpaired) electrons. The number of nitrogens with two attached hydrogens (primary N) is 1. The molecule has 0 atom stereocenters. The minimum Gasteiger partial charge on any atom is -0.385 e. The number of aromatic nitrogens is 3. The third-order valence-electron chi connectivity index (χ3n) is 2.39. The second-order valence-electron chi connectivity index (χ2n) is 5.11. The van der Waals surface area contributed by atoms with E-state index in [-0.39, 0.29) is 11.2 Å². The first-order chi connectivity index (χ1) is 13.9. The highest BCUT2D eigenvalue weighted by molar-refractivity contribution is 8.62. The minimum absolute atomic E-state index is 0.0628. The highest BCUT2D eigenvalue weighted by Crippen LogP contribution is 2.18. The van der Waals surface area contributed by atoms with Crippen LogP contribution in [0.25, 0.3) is 0 Å². The Labute approximate surface area is 182 Å². The Bertz CT molecular complexity index is 1130. The molecule has 0 aliphatic carbocycles. The molecule has 31 heavy (non-hydrogen) atoms. The summed E-state index contributed by atoms with van der Waals surface area (Å²) in [6, 6.07) is 7.74. The second-order valence-corrected chi connectivity index (χ2v) is 11.2. The zero-order chi connectivity index (χ0) is 24.5. The van der Waals surface area contributed by atoms with Gasteiger partial charge in [-0.2, -0.15) is 40.2 Å². The summed E-state index contributed by atoms with van der Waals surface area (Å²) in [6.07, 6.45) is 0.715. The fourth-order valence-electron chi connectivity index (χ4n) is 1.46. The van der Waals surface area contributed by atoms with E-state index in [1.807, 2.05) is 31.2 Å². The monoisotopic (exact) mass is 522 g/mol. The molecule has 7 N–H and O–H groups in total. The Morgan fingerprint density at radius 1 is 0.968 bits per heavy atom. The van der Waals surface area contributed by atoms with Crippen molar-refractivity contribution in [3.63, 3.8) is 0 Å². The summed E-state index contributed by atoms with van der Waals surface area (Å²) in [5.74, 6) is 0.404. The maximum absolute atomic E-state index is 9.37. The highest BCUT2D eigenvalue weighted by Gasteiger charge is 2.22. The number of halogens is 1. The summed E-state index contributed by atoms with van der Waals surface area (Å²) in [5, 5.41) is 6.29. The number of nitrogens with one attached hydrogen (secondary N) is 2. The summed E-state index contributed by atoms with van der Waals surface area (Å²) >= 11 is 5.70. The van der Waals surface area contributed by atoms with E-state index in [2.05, 4.69) is 25.6 Å². The molecule has 1 aromatic heterocycles. The van der Waals surface area contributed by atoms with Crippen LogP contribution in [0.3, 0.4) is 0 Å². The zero-order valence-electron chi connectivity index (χ0n) is 15.8. The van der Waals surface area contributed by atoms with Gasteiger partial charge >= 0.3 is 18.3 Å². The topological polar surface area (TPSA) is 252 Å². The van der Waals surface area contributed by atoms with Crippen molar-refractivity contribution in [1.29, 1.82) is 0 Å². The van der Waals surface area contributed by atoms with Gasteiger partial charge in [-0.3, -0.25) is 13.7 Å². The maximum Gasteiger partial charge on any atom is 0.397 e. The van der Waals surface area contributed by atoms with E-state index in [0.717, 1.165) is 17.9 Å². The zero-order valence-corrected chi connectivity index (χ0v) is 19.0. The van der Waals surface area contributed by atoms with Crippen molar-refractivity contribution < 1.29 is 38.9 Å². The lowest BCUT2D eigenvalue weighted by molar-refractivity contribution is 0.460. The van der Waals surface area contributed by atoms with Gasteiger partial charge in [0.25, 0.3) is 10.1 Å². The predicted molar refractivity (Wildman–Crippen MR) is 114 cm³/mol. The number of benzene rings is 1. The number of nitrogen functional groups attached to an aromatic ring is 1. The molecule has 0 aliphatic heterocycles. The van der Waals surface area contributed by atoms with Gasteiger partial charge in [-0.25, -0.2) is 0 Å². The third kappa shape index (κ3) is 14.3. The number of hydrogen-bond acceptors (Lipinski definition) is 12. The van der Waals surface area contributed by atoms with E-state index < -0.39 is 28.4 Å². The maximum atomic E-state index is 9.37. The number of anilines is 4. The smallest absolute Gasteiger partial charge is 0.385 e. The molecule has 0 saturated carbocycles. The van der Waals surface area contributed by atoms with Crippen molar-refractivity contribution in [3.8, 4) is 0 Å². The molecule has 0 amide bonds. The van der Waals surface area contributed by atoms with Crippen molar-refractivity contribution in [1.82, 2.24) is 15.0 Å². The van der Waals surface area contributed by atoms with Crippen molar-refractivity contribution in [2.45, 2.75) is 6.92 Å². The largest absolute Gasteiger partial charge is 0.397 e. The molecule has 176 valence electrons. The molecule has 1 heterocycles. The van der Waals surface area contributed by atoms with Gasteiger partial charge in [-0.05, 0) is 36.7 Å². The molecule has 1 aromatic carbocycles. The Hall–Kier alpha value is -2.35. The molecule has 0 spiro atoms. The first-order valence-electron chi connectivity index (χ1n) is 7.57. The van der Waals surface area contributed by atoms with Gasteiger partial charge in [0.05, 0.1) is 6.26 Å². The van der Waals surface area contributed by atoms with E-state index in [4.69, 9.17) is 31.0 Å². The van der Waals surface area contributed by atoms with Crippen LogP contribution < -0.4 is 16.4 Å². The lowest BCUT2D eigenvalue weighted by atomic mass is 10.3. The molecule has 0 unspecified atom stereocenters. The molecule has 15 nitrogen and oxygen atoms in total. The van der Waals surface area contributed by atoms with E-state index in [9.17, 15) is 25.3 Å². The summed E-state index contributed by atoms with van der Waals surface area (Å²) in [6.45, 7) is 2.89. The van der Waals surface area contributed by atoms with Crippen LogP contribution >= 0.6 is 11.6 Å². The van der Waals surface area contributed by atoms with Gasteiger partial charge in [0, 0.05) is 17.9 Å². The Kier molecular flexibility index (Phi) is 11.0. The highest BCUT2D eigenvalue weighted by atomic mass is 35.5. The van der Waals surface area contributed by atoms with E-state index in [0.29, 0.717) is 12.2 Å². The van der Waals surface area contributed by atoms with Crippen LogP contribution in [0.15, 0.2) is 24.3 Å². The third-order valence-corrected chi connectivity index (χ3v) is 4.69. The average Bonchev–Trinajstić information content (AvgIpc) is 2.51. The minimum atomic E-state index is -5.31. The lowest BCUT2D eigenvalue weighted by Gasteiger charge is -2.08. The predicted octanol–water partition coefficient (Wildman–Crippen LogP) is 0.464. The molecular weight excluding hydrogens is 504 g/mol. The van der Waals surface area contributed by atoms with E-state index in [1.54, 1.807) is 0 Å². The van der Waals surface area contributed by atoms with Gasteiger partial charge in [-0.1, -0.05) is 6.07 Å². The van der Waals surface area contributed by atoms with Crippen LogP contribution in [0, 0.1) is 0 Å². The normalized spacial score (nSPS) is 11.3. The van der Waals surface area contributed by atoms with Gasteiger partial charge in [0.15, 0.2) is 0 Å². The average molecular weight is 523 g/mol. The Morgan fingerprint density at radius 3 is 1.87 bits per heavy atom. The second kappa shape index (κ2) is 11.9. The van der Waals surface area contributed by atoms with Gasteiger partial charge in [-0.15, -0.1) is 0 Å². The van der Waals surface area contributed by atoms with Crippen LogP contribution in [-0.4, -0.2) is 66.7 Å². The van der Waals surface area contributed by atoms with Gasteiger partial charge in [0.2, 0.25) is 17.2 Å². The molecular formula is C12H19ClN6O9S3. The fourth-order valence-corrected chi connectivity index (χ4v) is 1.63. The number of hydrogen-bond donors (Lipinski definition) is 6. The Balaban J connectivity index is 0.000000576. The SMILES string of the molecule is CCNc1cccc(Nc2nc(N)nc(Cl)n2)c1.CS(=O)(=O)O.O=S(=O)(O)S(=O)(=O)O. The van der Waals surface area contributed by atoms with Crippen LogP contribution in [0.5, 0.6) is 0 Å². The van der Waals surface area contributed by atoms with Crippen LogP contribution in [-0.2, 0) is 28.4 Å². The molecule has 2 aromatic rings. The lowest BCUT2D eigenvalue weighted by Crippen LogP contribution is -2.11. The number of nitrogens with zero attached hydrogens (tertiary/aromatic N) is 3. The van der Waals surface area contributed by atoms with Crippen molar-refractivity contribution in [2.75, 3.05) is 29.2 Å². The molecule has 0 fully saturated rings. The van der Waals surface area contributed by atoms with E-state index in [1.165, 1.54) is 0 Å². The summed E-state index contributed by atoms with van der Waals surface area (Å²) in [4.78, 5) is 11.6. The molecule has 0 aliphatic rings. The Morgan fingerprint density at radius 2 is 1.45 bits per heavy atom. The standard InChI is InChI=1S/C11H13ClN6.CH4O3S.H2O6S2/c1-2-14-7-4-3-5-8(6-7)15-11-17-9(12)16-10(13)18-11;1-5(2,3)4;1-7(2,3)8(4,5)6/h3-6,14H,2H2,1H3,(H3,13,15,16,17,18);1H3,(H,2,3,4);(H,1,2,3)(H,4,5,6). The first kappa shape index (κ1) is 28.6. The van der Waals surface area contributed by atoms with Crippen LogP contribution in [0.1, 0.15) is 6.92 Å². The molecule has 0 bridgehead atoms. The number of rotatable bonds is 5. The van der Waals surface area contributed by atoms with Crippen molar-refractivity contribution in [2.24, 2.45) is 0 Å². The molecule has 2 rings (SSSR count). The van der Waals surface area contributed by atoms with E-state index >= 15 is 0 Å². The van der Waals surface area contributed by atoms with Crippen molar-refractivity contribution >= 4 is 63.3 Å². The molecule has 0 saturated heterocycles. The van der Waals surface area contributed by atoms with Crippen LogP contribution in [0.4, 0.5) is 23.3 Å². The van der Waals surface area contributed by atoms with Gasteiger partial charge < -0.3 is 16.4 Å². The van der Waals surface area contributed by atoms with Crippen LogP contribution in [0.2, 0.25) is 5.28 Å². The quantitative estimate of drug-likeness (QED) is 0.230. The first-order valence-corrected chi connectivity index (χ1v) is 13.2. The summed E-state index contributed by atoms with van der Waals surface area (Å²) in [7, 11) is -14.3.